The minimum absolute atomic E-state index is 0.215. The van der Waals surface area contributed by atoms with E-state index in [-0.39, 0.29) is 6.10 Å². The predicted molar refractivity (Wildman–Crippen MR) is 79.3 cm³/mol. The molecule has 1 aromatic carbocycles. The Morgan fingerprint density at radius 1 is 1.28 bits per heavy atom. The van der Waals surface area contributed by atoms with Crippen LogP contribution in [0.3, 0.4) is 0 Å². The van der Waals surface area contributed by atoms with Gasteiger partial charge in [-0.3, -0.25) is 0 Å². The molecule has 1 aromatic rings. The zero-order valence-corrected chi connectivity index (χ0v) is 11.9. The van der Waals surface area contributed by atoms with Crippen LogP contribution in [0, 0.1) is 5.92 Å². The summed E-state index contributed by atoms with van der Waals surface area (Å²) in [5.74, 6) is 0.751. The minimum atomic E-state index is -0.215. The van der Waals surface area contributed by atoms with Crippen molar-refractivity contribution in [3.63, 3.8) is 0 Å². The van der Waals surface area contributed by atoms with Gasteiger partial charge in [-0.1, -0.05) is 25.7 Å². The second-order valence-electron chi connectivity index (χ2n) is 5.15. The molecule has 0 saturated heterocycles. The van der Waals surface area contributed by atoms with Crippen molar-refractivity contribution in [1.29, 1.82) is 0 Å². The van der Waals surface area contributed by atoms with Gasteiger partial charge in [-0.15, -0.1) is 11.8 Å². The fraction of sp³-hybridized carbons (Fsp3) is 0.600. The lowest BCUT2D eigenvalue weighted by molar-refractivity contribution is 0.155. The summed E-state index contributed by atoms with van der Waals surface area (Å²) in [5, 5.41) is 13.3. The first-order valence-electron chi connectivity index (χ1n) is 6.84. The van der Waals surface area contributed by atoms with E-state index in [0.717, 1.165) is 18.0 Å². The van der Waals surface area contributed by atoms with Gasteiger partial charge in [-0.25, -0.2) is 0 Å². The standard InChI is InChI=1S/C15H23NOS/c1-18-15-8-6-13(7-9-15)16-11-14(17)10-12-4-2-3-5-12/h6-9,12,14,16-17H,2-5,10-11H2,1H3. The maximum absolute atomic E-state index is 10.0. The van der Waals surface area contributed by atoms with Crippen LogP contribution in [0.1, 0.15) is 32.1 Å². The van der Waals surface area contributed by atoms with Gasteiger partial charge in [-0.05, 0) is 42.9 Å². The monoisotopic (exact) mass is 265 g/mol. The third kappa shape index (κ3) is 4.21. The Morgan fingerprint density at radius 2 is 1.94 bits per heavy atom. The second kappa shape index (κ2) is 7.05. The molecular formula is C15H23NOS. The fourth-order valence-corrected chi connectivity index (χ4v) is 3.07. The van der Waals surface area contributed by atoms with Crippen molar-refractivity contribution in [3.8, 4) is 0 Å². The van der Waals surface area contributed by atoms with Gasteiger partial charge in [0.15, 0.2) is 0 Å². The largest absolute Gasteiger partial charge is 0.391 e. The summed E-state index contributed by atoms with van der Waals surface area (Å²) < 4.78 is 0. The van der Waals surface area contributed by atoms with Crippen LogP contribution in [-0.2, 0) is 0 Å². The summed E-state index contributed by atoms with van der Waals surface area (Å²) in [7, 11) is 0. The second-order valence-corrected chi connectivity index (χ2v) is 6.03. The van der Waals surface area contributed by atoms with Gasteiger partial charge in [0, 0.05) is 17.1 Å². The number of aliphatic hydroxyl groups excluding tert-OH is 1. The van der Waals surface area contributed by atoms with Gasteiger partial charge in [0.2, 0.25) is 0 Å². The van der Waals surface area contributed by atoms with Crippen LogP contribution in [0.25, 0.3) is 0 Å². The summed E-state index contributed by atoms with van der Waals surface area (Å²) in [5.41, 5.74) is 1.10. The minimum Gasteiger partial charge on any atom is -0.391 e. The molecule has 0 amide bonds. The molecular weight excluding hydrogens is 242 g/mol. The van der Waals surface area contributed by atoms with Crippen molar-refractivity contribution in [1.82, 2.24) is 0 Å². The van der Waals surface area contributed by atoms with E-state index in [1.807, 2.05) is 0 Å². The number of thioether (sulfide) groups is 1. The maximum atomic E-state index is 10.0. The molecule has 0 heterocycles. The van der Waals surface area contributed by atoms with Crippen LogP contribution in [0.15, 0.2) is 29.2 Å². The molecule has 0 radical (unpaired) electrons. The van der Waals surface area contributed by atoms with Crippen LogP contribution in [0.2, 0.25) is 0 Å². The van der Waals surface area contributed by atoms with E-state index in [1.54, 1.807) is 11.8 Å². The van der Waals surface area contributed by atoms with E-state index in [9.17, 15) is 5.11 Å². The molecule has 2 rings (SSSR count). The highest BCUT2D eigenvalue weighted by molar-refractivity contribution is 7.98. The summed E-state index contributed by atoms with van der Waals surface area (Å²) in [6, 6.07) is 8.37. The molecule has 0 bridgehead atoms. The number of benzene rings is 1. The number of hydrogen-bond acceptors (Lipinski definition) is 3. The van der Waals surface area contributed by atoms with Crippen LogP contribution in [-0.4, -0.2) is 24.0 Å². The molecule has 1 fully saturated rings. The van der Waals surface area contributed by atoms with Gasteiger partial charge in [0.05, 0.1) is 6.10 Å². The number of hydrogen-bond donors (Lipinski definition) is 2. The van der Waals surface area contributed by atoms with Crippen molar-refractivity contribution in [2.24, 2.45) is 5.92 Å². The first kappa shape index (κ1) is 13.8. The highest BCUT2D eigenvalue weighted by Gasteiger charge is 2.18. The van der Waals surface area contributed by atoms with Crippen molar-refractivity contribution < 1.29 is 5.11 Å². The molecule has 1 aliphatic rings. The molecule has 18 heavy (non-hydrogen) atoms. The highest BCUT2D eigenvalue weighted by Crippen LogP contribution is 2.28. The average Bonchev–Trinajstić information content (AvgIpc) is 2.90. The highest BCUT2D eigenvalue weighted by atomic mass is 32.2. The third-order valence-electron chi connectivity index (χ3n) is 3.71. The first-order valence-corrected chi connectivity index (χ1v) is 8.06. The Balaban J connectivity index is 1.72. The number of nitrogens with one attached hydrogen (secondary N) is 1. The van der Waals surface area contributed by atoms with E-state index in [1.165, 1.54) is 30.6 Å². The lowest BCUT2D eigenvalue weighted by Crippen LogP contribution is -2.21. The Hall–Kier alpha value is -0.670. The quantitative estimate of drug-likeness (QED) is 0.768. The van der Waals surface area contributed by atoms with E-state index >= 15 is 0 Å². The van der Waals surface area contributed by atoms with Crippen LogP contribution >= 0.6 is 11.8 Å². The Kier molecular flexibility index (Phi) is 5.39. The maximum Gasteiger partial charge on any atom is 0.0715 e. The molecule has 1 saturated carbocycles. The Labute approximate surface area is 114 Å². The summed E-state index contributed by atoms with van der Waals surface area (Å²) >= 11 is 1.75. The molecule has 0 aliphatic heterocycles. The summed E-state index contributed by atoms with van der Waals surface area (Å²) in [4.78, 5) is 1.27. The predicted octanol–water partition coefficient (Wildman–Crippen LogP) is 3.76. The van der Waals surface area contributed by atoms with E-state index in [0.29, 0.717) is 6.54 Å². The zero-order chi connectivity index (χ0) is 12.8. The van der Waals surface area contributed by atoms with Gasteiger partial charge >= 0.3 is 0 Å². The Bertz CT molecular complexity index is 346. The SMILES string of the molecule is CSc1ccc(NCC(O)CC2CCCC2)cc1. The smallest absolute Gasteiger partial charge is 0.0715 e. The lowest BCUT2D eigenvalue weighted by atomic mass is 10.00. The first-order chi connectivity index (χ1) is 8.78. The van der Waals surface area contributed by atoms with E-state index in [2.05, 4.69) is 35.8 Å². The van der Waals surface area contributed by atoms with Crippen molar-refractivity contribution in [3.05, 3.63) is 24.3 Å². The van der Waals surface area contributed by atoms with Gasteiger partial charge < -0.3 is 10.4 Å². The molecule has 2 N–H and O–H groups in total. The number of anilines is 1. The molecule has 1 unspecified atom stereocenters. The van der Waals surface area contributed by atoms with Crippen LogP contribution < -0.4 is 5.32 Å². The molecule has 100 valence electrons. The van der Waals surface area contributed by atoms with Gasteiger partial charge in [-0.2, -0.15) is 0 Å². The third-order valence-corrected chi connectivity index (χ3v) is 4.46. The van der Waals surface area contributed by atoms with E-state index in [4.69, 9.17) is 0 Å². The molecule has 0 spiro atoms. The lowest BCUT2D eigenvalue weighted by Gasteiger charge is -2.16. The van der Waals surface area contributed by atoms with Gasteiger partial charge in [0.25, 0.3) is 0 Å². The zero-order valence-electron chi connectivity index (χ0n) is 11.1. The molecule has 3 heteroatoms. The van der Waals surface area contributed by atoms with E-state index < -0.39 is 0 Å². The molecule has 1 atom stereocenters. The fourth-order valence-electron chi connectivity index (χ4n) is 2.66. The molecule has 2 nitrogen and oxygen atoms in total. The normalized spacial score (nSPS) is 17.9. The van der Waals surface area contributed by atoms with Crippen molar-refractivity contribution in [2.45, 2.75) is 43.1 Å². The number of aliphatic hydroxyl groups is 1. The topological polar surface area (TPSA) is 32.3 Å². The van der Waals surface area contributed by atoms with Crippen LogP contribution in [0.5, 0.6) is 0 Å². The van der Waals surface area contributed by atoms with Gasteiger partial charge in [0.1, 0.15) is 0 Å². The van der Waals surface area contributed by atoms with Crippen molar-refractivity contribution in [2.75, 3.05) is 18.1 Å². The van der Waals surface area contributed by atoms with Crippen LogP contribution in [0.4, 0.5) is 5.69 Å². The number of rotatable bonds is 6. The Morgan fingerprint density at radius 3 is 2.56 bits per heavy atom. The molecule has 1 aliphatic carbocycles. The molecule has 0 aromatic heterocycles. The summed E-state index contributed by atoms with van der Waals surface area (Å²) in [6.45, 7) is 0.662. The summed E-state index contributed by atoms with van der Waals surface area (Å²) in [6.07, 6.45) is 8.12. The average molecular weight is 265 g/mol. The van der Waals surface area contributed by atoms with Crippen molar-refractivity contribution >= 4 is 17.4 Å².